The van der Waals surface area contributed by atoms with Crippen molar-refractivity contribution in [1.29, 1.82) is 0 Å². The molecule has 2 fully saturated rings. The number of hydrogen-bond acceptors (Lipinski definition) is 4. The van der Waals surface area contributed by atoms with Crippen molar-refractivity contribution in [2.45, 2.75) is 38.3 Å². The zero-order valence-electron chi connectivity index (χ0n) is 9.52. The monoisotopic (exact) mass is 226 g/mol. The van der Waals surface area contributed by atoms with Crippen LogP contribution >= 0.6 is 0 Å². The van der Waals surface area contributed by atoms with Gasteiger partial charge in [-0.1, -0.05) is 0 Å². The highest BCUT2D eigenvalue weighted by molar-refractivity contribution is 6.00. The molecule has 0 aromatic carbocycles. The van der Waals surface area contributed by atoms with Crippen molar-refractivity contribution in [2.24, 2.45) is 11.7 Å². The molecule has 3 atom stereocenters. The molecule has 5 nitrogen and oxygen atoms in total. The fraction of sp³-hybridized carbons (Fsp3) is 0.818. The Kier molecular flexibility index (Phi) is 3.14. The molecular weight excluding hydrogens is 208 g/mol. The SMILES string of the molecule is CCOC(=O)C1C(=O)N2CCCCC2C1N. The Balaban J connectivity index is 2.15. The summed E-state index contributed by atoms with van der Waals surface area (Å²) in [6.45, 7) is 2.75. The first-order valence-corrected chi connectivity index (χ1v) is 5.89. The minimum atomic E-state index is -0.775. The van der Waals surface area contributed by atoms with Gasteiger partial charge in [0, 0.05) is 18.6 Å². The smallest absolute Gasteiger partial charge is 0.320 e. The molecule has 2 rings (SSSR count). The number of amides is 1. The normalized spacial score (nSPS) is 33.8. The summed E-state index contributed by atoms with van der Waals surface area (Å²) < 4.78 is 4.91. The number of carbonyl (C=O) groups excluding carboxylic acids is 2. The van der Waals surface area contributed by atoms with E-state index in [-0.39, 0.29) is 11.9 Å². The van der Waals surface area contributed by atoms with E-state index in [9.17, 15) is 9.59 Å². The summed E-state index contributed by atoms with van der Waals surface area (Å²) in [5.41, 5.74) is 5.99. The Hall–Kier alpha value is -1.10. The van der Waals surface area contributed by atoms with E-state index in [2.05, 4.69) is 0 Å². The molecule has 0 spiro atoms. The van der Waals surface area contributed by atoms with E-state index in [1.54, 1.807) is 11.8 Å². The number of hydrogen-bond donors (Lipinski definition) is 1. The molecule has 2 saturated heterocycles. The molecule has 90 valence electrons. The largest absolute Gasteiger partial charge is 0.465 e. The predicted octanol–water partition coefficient (Wildman–Crippen LogP) is -0.112. The van der Waals surface area contributed by atoms with Crippen LogP contribution in [-0.4, -0.2) is 42.0 Å². The van der Waals surface area contributed by atoms with Crippen molar-refractivity contribution in [3.63, 3.8) is 0 Å². The molecule has 0 aromatic heterocycles. The van der Waals surface area contributed by atoms with Gasteiger partial charge < -0.3 is 15.4 Å². The highest BCUT2D eigenvalue weighted by Gasteiger charge is 2.50. The van der Waals surface area contributed by atoms with E-state index >= 15 is 0 Å². The summed E-state index contributed by atoms with van der Waals surface area (Å²) in [6.07, 6.45) is 2.99. The second-order valence-corrected chi connectivity index (χ2v) is 4.40. The van der Waals surface area contributed by atoms with Crippen LogP contribution in [0.25, 0.3) is 0 Å². The van der Waals surface area contributed by atoms with Gasteiger partial charge in [0.25, 0.3) is 0 Å². The molecule has 5 heteroatoms. The van der Waals surface area contributed by atoms with Crippen molar-refractivity contribution in [2.75, 3.05) is 13.2 Å². The number of fused-ring (bicyclic) bond motifs is 1. The maximum atomic E-state index is 12.0. The number of nitrogens with zero attached hydrogens (tertiary/aromatic N) is 1. The summed E-state index contributed by atoms with van der Waals surface area (Å²) in [6, 6.07) is -0.359. The molecule has 0 saturated carbocycles. The summed E-state index contributed by atoms with van der Waals surface area (Å²) in [5.74, 6) is -1.38. The van der Waals surface area contributed by atoms with E-state index in [4.69, 9.17) is 10.5 Å². The van der Waals surface area contributed by atoms with E-state index in [0.717, 1.165) is 25.8 Å². The molecule has 2 N–H and O–H groups in total. The molecule has 16 heavy (non-hydrogen) atoms. The van der Waals surface area contributed by atoms with Gasteiger partial charge in [-0.05, 0) is 26.2 Å². The standard InChI is InChI=1S/C11H18N2O3/c1-2-16-11(15)8-9(12)7-5-3-4-6-13(7)10(8)14/h7-9H,2-6,12H2,1H3. The van der Waals surface area contributed by atoms with E-state index in [0.29, 0.717) is 6.61 Å². The van der Waals surface area contributed by atoms with Gasteiger partial charge in [-0.25, -0.2) is 0 Å². The lowest BCUT2D eigenvalue weighted by Crippen LogP contribution is -2.44. The van der Waals surface area contributed by atoms with Crippen molar-refractivity contribution in [3.8, 4) is 0 Å². The van der Waals surface area contributed by atoms with Crippen LogP contribution in [0.4, 0.5) is 0 Å². The first kappa shape index (κ1) is 11.4. The molecule has 0 radical (unpaired) electrons. The summed E-state index contributed by atoms with van der Waals surface area (Å²) in [7, 11) is 0. The van der Waals surface area contributed by atoms with Crippen molar-refractivity contribution < 1.29 is 14.3 Å². The maximum Gasteiger partial charge on any atom is 0.320 e. The van der Waals surface area contributed by atoms with Gasteiger partial charge >= 0.3 is 5.97 Å². The van der Waals surface area contributed by atoms with Gasteiger partial charge in [-0.3, -0.25) is 9.59 Å². The van der Waals surface area contributed by atoms with Gasteiger partial charge in [0.05, 0.1) is 6.61 Å². The Morgan fingerprint density at radius 1 is 1.56 bits per heavy atom. The third-order valence-electron chi connectivity index (χ3n) is 3.47. The molecule has 3 unspecified atom stereocenters. The summed E-state index contributed by atoms with van der Waals surface area (Å²) >= 11 is 0. The first-order chi connectivity index (χ1) is 7.66. The molecular formula is C11H18N2O3. The molecule has 2 heterocycles. The third kappa shape index (κ3) is 1.69. The van der Waals surface area contributed by atoms with Crippen LogP contribution in [0, 0.1) is 5.92 Å². The molecule has 0 bridgehead atoms. The number of carbonyl (C=O) groups is 2. The van der Waals surface area contributed by atoms with Crippen LogP contribution in [0.15, 0.2) is 0 Å². The topological polar surface area (TPSA) is 72.6 Å². The number of esters is 1. The predicted molar refractivity (Wildman–Crippen MR) is 57.5 cm³/mol. The number of nitrogens with two attached hydrogens (primary N) is 1. The van der Waals surface area contributed by atoms with Crippen molar-refractivity contribution in [3.05, 3.63) is 0 Å². The molecule has 1 amide bonds. The van der Waals surface area contributed by atoms with Gasteiger partial charge in [-0.2, -0.15) is 0 Å². The fourth-order valence-electron chi connectivity index (χ4n) is 2.69. The average Bonchev–Trinajstić information content (AvgIpc) is 2.53. The Morgan fingerprint density at radius 3 is 2.94 bits per heavy atom. The van der Waals surface area contributed by atoms with Crippen LogP contribution < -0.4 is 5.73 Å². The highest BCUT2D eigenvalue weighted by Crippen LogP contribution is 2.31. The second-order valence-electron chi connectivity index (χ2n) is 4.40. The van der Waals surface area contributed by atoms with Gasteiger partial charge in [0.1, 0.15) is 0 Å². The van der Waals surface area contributed by atoms with Crippen molar-refractivity contribution in [1.82, 2.24) is 4.90 Å². The first-order valence-electron chi connectivity index (χ1n) is 5.89. The second kappa shape index (κ2) is 4.41. The third-order valence-corrected chi connectivity index (χ3v) is 3.47. The average molecular weight is 226 g/mol. The van der Waals surface area contributed by atoms with Crippen LogP contribution in [-0.2, 0) is 14.3 Å². The lowest BCUT2D eigenvalue weighted by Gasteiger charge is -2.30. The molecule has 2 aliphatic rings. The lowest BCUT2D eigenvalue weighted by molar-refractivity contribution is -0.152. The van der Waals surface area contributed by atoms with Crippen LogP contribution in [0.5, 0.6) is 0 Å². The maximum absolute atomic E-state index is 12.0. The van der Waals surface area contributed by atoms with E-state index in [1.165, 1.54) is 0 Å². The lowest BCUT2D eigenvalue weighted by atomic mass is 9.94. The van der Waals surface area contributed by atoms with Crippen LogP contribution in [0.3, 0.4) is 0 Å². The van der Waals surface area contributed by atoms with Crippen LogP contribution in [0.2, 0.25) is 0 Å². The summed E-state index contributed by atoms with van der Waals surface area (Å²) in [4.78, 5) is 25.4. The van der Waals surface area contributed by atoms with E-state index < -0.39 is 17.9 Å². The van der Waals surface area contributed by atoms with Crippen molar-refractivity contribution >= 4 is 11.9 Å². The quantitative estimate of drug-likeness (QED) is 0.526. The molecule has 0 aliphatic carbocycles. The highest BCUT2D eigenvalue weighted by atomic mass is 16.5. The van der Waals surface area contributed by atoms with Crippen LogP contribution in [0.1, 0.15) is 26.2 Å². The molecule has 2 aliphatic heterocycles. The van der Waals surface area contributed by atoms with Gasteiger partial charge in [-0.15, -0.1) is 0 Å². The minimum absolute atomic E-state index is 0.0376. The Bertz CT molecular complexity index is 306. The zero-order chi connectivity index (χ0) is 11.7. The Morgan fingerprint density at radius 2 is 2.31 bits per heavy atom. The molecule has 0 aromatic rings. The summed E-state index contributed by atoms with van der Waals surface area (Å²) in [5, 5.41) is 0. The number of piperidine rings is 1. The number of rotatable bonds is 2. The van der Waals surface area contributed by atoms with E-state index in [1.807, 2.05) is 0 Å². The fourth-order valence-corrected chi connectivity index (χ4v) is 2.69. The Labute approximate surface area is 94.9 Å². The van der Waals surface area contributed by atoms with Gasteiger partial charge in [0.15, 0.2) is 5.92 Å². The number of ether oxygens (including phenoxy) is 1. The minimum Gasteiger partial charge on any atom is -0.465 e. The van der Waals surface area contributed by atoms with Gasteiger partial charge in [0.2, 0.25) is 5.91 Å². The zero-order valence-corrected chi connectivity index (χ0v) is 9.52.